The summed E-state index contributed by atoms with van der Waals surface area (Å²) in [7, 11) is -3.48. The van der Waals surface area contributed by atoms with Crippen LogP contribution in [0.1, 0.15) is 13.3 Å². The molecule has 1 aliphatic heterocycles. The quantitative estimate of drug-likeness (QED) is 0.758. The molecule has 1 aromatic rings. The maximum Gasteiger partial charge on any atom is 0.257 e. The standard InChI is InChI=1S/C8H13N3O3S/c1-6-7(2-3-14-6)11-15(12,13)8-4-9-5-10-8/h4-7,11H,2-3H2,1H3,(H,9,10). The van der Waals surface area contributed by atoms with Crippen molar-refractivity contribution in [1.82, 2.24) is 14.7 Å². The maximum atomic E-state index is 11.8. The van der Waals surface area contributed by atoms with E-state index in [0.717, 1.165) is 0 Å². The minimum absolute atomic E-state index is 0.0808. The molecular weight excluding hydrogens is 218 g/mol. The van der Waals surface area contributed by atoms with Gasteiger partial charge in [0.05, 0.1) is 24.7 Å². The second-order valence-corrected chi connectivity index (χ2v) is 5.19. The van der Waals surface area contributed by atoms with Crippen molar-refractivity contribution in [3.63, 3.8) is 0 Å². The SMILES string of the molecule is CC1OCCC1NS(=O)(=O)c1cnc[nH]1. The normalized spacial score (nSPS) is 27.0. The summed E-state index contributed by atoms with van der Waals surface area (Å²) in [5.74, 6) is 0. The summed E-state index contributed by atoms with van der Waals surface area (Å²) in [6.07, 6.45) is 3.24. The number of hydrogen-bond donors (Lipinski definition) is 2. The lowest BCUT2D eigenvalue weighted by Gasteiger charge is -2.14. The molecule has 0 aliphatic carbocycles. The second kappa shape index (κ2) is 3.92. The van der Waals surface area contributed by atoms with Crippen LogP contribution in [-0.4, -0.2) is 37.1 Å². The van der Waals surface area contributed by atoms with Crippen molar-refractivity contribution in [3.05, 3.63) is 12.5 Å². The van der Waals surface area contributed by atoms with Crippen LogP contribution in [0.25, 0.3) is 0 Å². The number of imidazole rings is 1. The second-order valence-electron chi connectivity index (χ2n) is 3.51. The number of nitrogens with zero attached hydrogens (tertiary/aromatic N) is 1. The Balaban J connectivity index is 2.11. The zero-order valence-corrected chi connectivity index (χ0v) is 9.12. The molecule has 0 radical (unpaired) electrons. The minimum Gasteiger partial charge on any atom is -0.377 e. The van der Waals surface area contributed by atoms with Gasteiger partial charge in [-0.25, -0.2) is 18.1 Å². The Morgan fingerprint density at radius 3 is 3.00 bits per heavy atom. The van der Waals surface area contributed by atoms with Crippen molar-refractivity contribution < 1.29 is 13.2 Å². The molecule has 1 saturated heterocycles. The highest BCUT2D eigenvalue weighted by atomic mass is 32.2. The summed E-state index contributed by atoms with van der Waals surface area (Å²) in [6, 6.07) is -0.154. The zero-order valence-electron chi connectivity index (χ0n) is 8.30. The molecule has 84 valence electrons. The van der Waals surface area contributed by atoms with E-state index in [4.69, 9.17) is 4.74 Å². The fourth-order valence-corrected chi connectivity index (χ4v) is 2.78. The van der Waals surface area contributed by atoms with Crippen LogP contribution in [0.4, 0.5) is 0 Å². The Kier molecular flexibility index (Phi) is 2.76. The largest absolute Gasteiger partial charge is 0.377 e. The van der Waals surface area contributed by atoms with Gasteiger partial charge in [-0.3, -0.25) is 0 Å². The van der Waals surface area contributed by atoms with Gasteiger partial charge in [-0.05, 0) is 13.3 Å². The van der Waals surface area contributed by atoms with E-state index >= 15 is 0 Å². The van der Waals surface area contributed by atoms with Crippen LogP contribution >= 0.6 is 0 Å². The number of sulfonamides is 1. The molecule has 15 heavy (non-hydrogen) atoms. The van der Waals surface area contributed by atoms with E-state index in [1.54, 1.807) is 0 Å². The van der Waals surface area contributed by atoms with E-state index in [2.05, 4.69) is 14.7 Å². The molecular formula is C8H13N3O3S. The Hall–Kier alpha value is -0.920. The number of aromatic amines is 1. The monoisotopic (exact) mass is 231 g/mol. The first kappa shape index (κ1) is 10.6. The maximum absolute atomic E-state index is 11.8. The molecule has 6 nitrogen and oxygen atoms in total. The van der Waals surface area contributed by atoms with Gasteiger partial charge in [0.2, 0.25) is 0 Å². The van der Waals surface area contributed by atoms with Crippen molar-refractivity contribution in [2.24, 2.45) is 0 Å². The van der Waals surface area contributed by atoms with E-state index in [0.29, 0.717) is 13.0 Å². The molecule has 0 saturated carbocycles. The van der Waals surface area contributed by atoms with Crippen molar-refractivity contribution >= 4 is 10.0 Å². The smallest absolute Gasteiger partial charge is 0.257 e. The van der Waals surface area contributed by atoms with E-state index in [1.807, 2.05) is 6.92 Å². The fraction of sp³-hybridized carbons (Fsp3) is 0.625. The molecule has 2 atom stereocenters. The number of ether oxygens (including phenoxy) is 1. The third kappa shape index (κ3) is 2.19. The highest BCUT2D eigenvalue weighted by molar-refractivity contribution is 7.89. The van der Waals surface area contributed by atoms with E-state index in [1.165, 1.54) is 12.5 Å². The average Bonchev–Trinajstić information content (AvgIpc) is 2.77. The highest BCUT2D eigenvalue weighted by Crippen LogP contribution is 2.15. The Labute approximate surface area is 88.1 Å². The Morgan fingerprint density at radius 1 is 1.67 bits per heavy atom. The summed E-state index contributed by atoms with van der Waals surface area (Å²) in [4.78, 5) is 6.24. The van der Waals surface area contributed by atoms with Gasteiger partial charge in [0.15, 0.2) is 5.03 Å². The van der Waals surface area contributed by atoms with Crippen LogP contribution in [0.5, 0.6) is 0 Å². The summed E-state index contributed by atoms with van der Waals surface area (Å²) in [5, 5.41) is 0.0848. The predicted octanol–water partition coefficient (Wildman–Crippen LogP) is -0.135. The molecule has 2 N–H and O–H groups in total. The molecule has 0 bridgehead atoms. The molecule has 0 spiro atoms. The molecule has 0 aromatic carbocycles. The molecule has 7 heteroatoms. The summed E-state index contributed by atoms with van der Waals surface area (Å²) in [5.41, 5.74) is 0. The van der Waals surface area contributed by atoms with Crippen molar-refractivity contribution in [2.75, 3.05) is 6.61 Å². The van der Waals surface area contributed by atoms with Crippen LogP contribution in [0.3, 0.4) is 0 Å². The summed E-state index contributed by atoms with van der Waals surface area (Å²) < 4.78 is 31.4. The van der Waals surface area contributed by atoms with Gasteiger partial charge in [-0.1, -0.05) is 0 Å². The molecule has 2 unspecified atom stereocenters. The van der Waals surface area contributed by atoms with Gasteiger partial charge in [-0.2, -0.15) is 0 Å². The molecule has 1 aromatic heterocycles. The lowest BCUT2D eigenvalue weighted by molar-refractivity contribution is 0.117. The number of H-pyrrole nitrogens is 1. The average molecular weight is 231 g/mol. The zero-order chi connectivity index (χ0) is 10.9. The van der Waals surface area contributed by atoms with Crippen molar-refractivity contribution in [1.29, 1.82) is 0 Å². The first-order chi connectivity index (χ1) is 7.09. The third-order valence-corrected chi connectivity index (χ3v) is 3.86. The van der Waals surface area contributed by atoms with Gasteiger partial charge < -0.3 is 9.72 Å². The molecule has 2 rings (SSSR count). The first-order valence-electron chi connectivity index (χ1n) is 4.72. The molecule has 1 fully saturated rings. The first-order valence-corrected chi connectivity index (χ1v) is 6.20. The van der Waals surface area contributed by atoms with Gasteiger partial charge in [0, 0.05) is 6.61 Å². The number of aromatic nitrogens is 2. The summed E-state index contributed by atoms with van der Waals surface area (Å²) in [6.45, 7) is 2.45. The van der Waals surface area contributed by atoms with Gasteiger partial charge in [-0.15, -0.1) is 0 Å². The summed E-state index contributed by atoms with van der Waals surface area (Å²) >= 11 is 0. The fourth-order valence-electron chi connectivity index (χ4n) is 1.54. The van der Waals surface area contributed by atoms with Crippen LogP contribution in [0, 0.1) is 0 Å². The van der Waals surface area contributed by atoms with Crippen LogP contribution in [-0.2, 0) is 14.8 Å². The molecule has 1 aliphatic rings. The number of hydrogen-bond acceptors (Lipinski definition) is 4. The highest BCUT2D eigenvalue weighted by Gasteiger charge is 2.29. The van der Waals surface area contributed by atoms with Crippen molar-refractivity contribution in [3.8, 4) is 0 Å². The number of nitrogens with one attached hydrogen (secondary N) is 2. The van der Waals surface area contributed by atoms with Gasteiger partial charge in [0.25, 0.3) is 10.0 Å². The van der Waals surface area contributed by atoms with Crippen LogP contribution in [0.2, 0.25) is 0 Å². The lowest BCUT2D eigenvalue weighted by atomic mass is 10.2. The molecule has 0 amide bonds. The molecule has 2 heterocycles. The van der Waals surface area contributed by atoms with Crippen molar-refractivity contribution in [2.45, 2.75) is 30.5 Å². The van der Waals surface area contributed by atoms with E-state index in [9.17, 15) is 8.42 Å². The van der Waals surface area contributed by atoms with E-state index < -0.39 is 10.0 Å². The minimum atomic E-state index is -3.48. The van der Waals surface area contributed by atoms with E-state index in [-0.39, 0.29) is 17.2 Å². The number of rotatable bonds is 3. The third-order valence-electron chi connectivity index (χ3n) is 2.45. The van der Waals surface area contributed by atoms with Gasteiger partial charge >= 0.3 is 0 Å². The topological polar surface area (TPSA) is 84.1 Å². The van der Waals surface area contributed by atoms with Gasteiger partial charge in [0.1, 0.15) is 0 Å². The Morgan fingerprint density at radius 2 is 2.47 bits per heavy atom. The Bertz CT molecular complexity index is 414. The van der Waals surface area contributed by atoms with Crippen LogP contribution in [0.15, 0.2) is 17.6 Å². The lowest BCUT2D eigenvalue weighted by Crippen LogP contribution is -2.39. The van der Waals surface area contributed by atoms with Crippen LogP contribution < -0.4 is 4.72 Å². The predicted molar refractivity (Wildman–Crippen MR) is 52.7 cm³/mol.